The Hall–Kier alpha value is 0.270. The molecule has 0 saturated carbocycles. The van der Waals surface area contributed by atoms with Crippen LogP contribution in [-0.4, -0.2) is 41.6 Å². The fraction of sp³-hybridized carbons (Fsp3) is 1.00. The lowest BCUT2D eigenvalue weighted by Crippen LogP contribution is -2.55. The quantitative estimate of drug-likeness (QED) is 0.794. The molecule has 2 nitrogen and oxygen atoms in total. The summed E-state index contributed by atoms with van der Waals surface area (Å²) in [7, 11) is 0. The standard InChI is InChI=1S/C14H30N2S/c1-4-13(3)11-14(5-2,12-15)16-7-6-9-17-10-8-16/h13H,4-12,15H2,1-3H3. The van der Waals surface area contributed by atoms with E-state index in [2.05, 4.69) is 37.4 Å². The van der Waals surface area contributed by atoms with Gasteiger partial charge in [-0.3, -0.25) is 4.90 Å². The number of nitrogens with two attached hydrogens (primary N) is 1. The highest BCUT2D eigenvalue weighted by atomic mass is 32.2. The maximum Gasteiger partial charge on any atom is 0.0332 e. The molecular weight excluding hydrogens is 228 g/mol. The highest BCUT2D eigenvalue weighted by Crippen LogP contribution is 2.30. The van der Waals surface area contributed by atoms with E-state index >= 15 is 0 Å². The monoisotopic (exact) mass is 258 g/mol. The van der Waals surface area contributed by atoms with Gasteiger partial charge in [-0.15, -0.1) is 0 Å². The van der Waals surface area contributed by atoms with Crippen molar-refractivity contribution in [2.45, 2.75) is 52.0 Å². The first-order valence-corrected chi connectivity index (χ1v) is 8.37. The van der Waals surface area contributed by atoms with E-state index in [1.807, 2.05) is 0 Å². The molecule has 2 N–H and O–H groups in total. The van der Waals surface area contributed by atoms with Crippen molar-refractivity contribution < 1.29 is 0 Å². The van der Waals surface area contributed by atoms with Gasteiger partial charge in [-0.2, -0.15) is 11.8 Å². The van der Waals surface area contributed by atoms with Gasteiger partial charge < -0.3 is 5.73 Å². The van der Waals surface area contributed by atoms with Gasteiger partial charge in [0.2, 0.25) is 0 Å². The molecule has 1 rings (SSSR count). The molecule has 1 heterocycles. The molecule has 0 spiro atoms. The average molecular weight is 258 g/mol. The minimum atomic E-state index is 0.264. The third-order valence-electron chi connectivity index (χ3n) is 4.36. The van der Waals surface area contributed by atoms with Crippen molar-refractivity contribution in [1.82, 2.24) is 4.90 Å². The van der Waals surface area contributed by atoms with Crippen molar-refractivity contribution in [2.75, 3.05) is 31.1 Å². The average Bonchev–Trinajstić information content (AvgIpc) is 2.65. The van der Waals surface area contributed by atoms with Gasteiger partial charge in [-0.1, -0.05) is 27.2 Å². The molecule has 0 aromatic heterocycles. The Balaban J connectivity index is 2.72. The zero-order valence-electron chi connectivity index (χ0n) is 11.9. The molecule has 0 aliphatic carbocycles. The highest BCUT2D eigenvalue weighted by Gasteiger charge is 2.34. The number of hydrogen-bond donors (Lipinski definition) is 1. The Morgan fingerprint density at radius 1 is 1.29 bits per heavy atom. The molecule has 0 radical (unpaired) electrons. The molecule has 0 bridgehead atoms. The molecule has 102 valence electrons. The first kappa shape index (κ1) is 15.3. The maximum absolute atomic E-state index is 6.15. The van der Waals surface area contributed by atoms with Crippen molar-refractivity contribution in [2.24, 2.45) is 11.7 Å². The molecule has 2 unspecified atom stereocenters. The van der Waals surface area contributed by atoms with Crippen molar-refractivity contribution in [3.05, 3.63) is 0 Å². The smallest absolute Gasteiger partial charge is 0.0332 e. The number of thioether (sulfide) groups is 1. The predicted octanol–water partition coefficient (Wildman–Crippen LogP) is 2.97. The third-order valence-corrected chi connectivity index (χ3v) is 5.41. The van der Waals surface area contributed by atoms with Crippen LogP contribution in [0.15, 0.2) is 0 Å². The minimum Gasteiger partial charge on any atom is -0.329 e. The van der Waals surface area contributed by atoms with Gasteiger partial charge >= 0.3 is 0 Å². The van der Waals surface area contributed by atoms with Gasteiger partial charge in [0.1, 0.15) is 0 Å². The fourth-order valence-corrected chi connectivity index (χ4v) is 3.75. The fourth-order valence-electron chi connectivity index (χ4n) is 2.87. The van der Waals surface area contributed by atoms with Gasteiger partial charge in [0.25, 0.3) is 0 Å². The molecule has 1 aliphatic heterocycles. The second kappa shape index (κ2) is 7.65. The molecular formula is C14H30N2S. The van der Waals surface area contributed by atoms with Crippen molar-refractivity contribution in [3.8, 4) is 0 Å². The first-order chi connectivity index (χ1) is 8.18. The third kappa shape index (κ3) is 4.15. The molecule has 1 fully saturated rings. The Bertz CT molecular complexity index is 196. The van der Waals surface area contributed by atoms with Gasteiger partial charge in [0.15, 0.2) is 0 Å². The van der Waals surface area contributed by atoms with Crippen LogP contribution >= 0.6 is 11.8 Å². The summed E-state index contributed by atoms with van der Waals surface area (Å²) in [6.45, 7) is 10.3. The lowest BCUT2D eigenvalue weighted by atomic mass is 9.83. The summed E-state index contributed by atoms with van der Waals surface area (Å²) in [5.74, 6) is 3.39. The van der Waals surface area contributed by atoms with Gasteiger partial charge in [-0.05, 0) is 37.5 Å². The Labute approximate surface area is 112 Å². The summed E-state index contributed by atoms with van der Waals surface area (Å²) in [6, 6.07) is 0. The molecule has 1 aliphatic rings. The molecule has 1 saturated heterocycles. The van der Waals surface area contributed by atoms with Crippen LogP contribution < -0.4 is 5.73 Å². The Morgan fingerprint density at radius 3 is 2.65 bits per heavy atom. The van der Waals surface area contributed by atoms with E-state index in [-0.39, 0.29) is 5.54 Å². The van der Waals surface area contributed by atoms with Crippen LogP contribution in [0, 0.1) is 5.92 Å². The zero-order valence-corrected chi connectivity index (χ0v) is 12.7. The van der Waals surface area contributed by atoms with Crippen LogP contribution in [0.1, 0.15) is 46.5 Å². The largest absolute Gasteiger partial charge is 0.329 e. The summed E-state index contributed by atoms with van der Waals surface area (Å²) in [4.78, 5) is 2.69. The molecule has 3 heteroatoms. The maximum atomic E-state index is 6.15. The van der Waals surface area contributed by atoms with E-state index in [1.165, 1.54) is 50.3 Å². The summed E-state index contributed by atoms with van der Waals surface area (Å²) >= 11 is 2.10. The van der Waals surface area contributed by atoms with Gasteiger partial charge in [0.05, 0.1) is 0 Å². The minimum absolute atomic E-state index is 0.264. The highest BCUT2D eigenvalue weighted by molar-refractivity contribution is 7.99. The van der Waals surface area contributed by atoms with E-state index < -0.39 is 0 Å². The first-order valence-electron chi connectivity index (χ1n) is 7.21. The van der Waals surface area contributed by atoms with E-state index in [1.54, 1.807) is 0 Å². The van der Waals surface area contributed by atoms with Crippen molar-refractivity contribution >= 4 is 11.8 Å². The topological polar surface area (TPSA) is 29.3 Å². The second-order valence-corrected chi connectivity index (χ2v) is 6.68. The van der Waals surface area contributed by atoms with E-state index in [4.69, 9.17) is 5.73 Å². The molecule has 0 aromatic rings. The zero-order chi connectivity index (χ0) is 12.7. The number of rotatable bonds is 6. The Kier molecular flexibility index (Phi) is 6.90. The SMILES string of the molecule is CCC(C)CC(CC)(CN)N1CCCSCC1. The Morgan fingerprint density at radius 2 is 2.06 bits per heavy atom. The van der Waals surface area contributed by atoms with Crippen LogP contribution in [0.5, 0.6) is 0 Å². The van der Waals surface area contributed by atoms with Crippen LogP contribution in [0.3, 0.4) is 0 Å². The van der Waals surface area contributed by atoms with Crippen LogP contribution in [-0.2, 0) is 0 Å². The lowest BCUT2D eigenvalue weighted by Gasteiger charge is -2.44. The summed E-state index contributed by atoms with van der Waals surface area (Å²) in [5, 5.41) is 0. The summed E-state index contributed by atoms with van der Waals surface area (Å²) in [5.41, 5.74) is 6.42. The molecule has 0 aromatic carbocycles. The molecule has 17 heavy (non-hydrogen) atoms. The number of hydrogen-bond acceptors (Lipinski definition) is 3. The predicted molar refractivity (Wildman–Crippen MR) is 79.7 cm³/mol. The molecule has 2 atom stereocenters. The summed E-state index contributed by atoms with van der Waals surface area (Å²) in [6.07, 6.45) is 5.05. The second-order valence-electron chi connectivity index (χ2n) is 5.45. The summed E-state index contributed by atoms with van der Waals surface area (Å²) < 4.78 is 0. The van der Waals surface area contributed by atoms with E-state index in [0.717, 1.165) is 12.5 Å². The van der Waals surface area contributed by atoms with Crippen molar-refractivity contribution in [1.29, 1.82) is 0 Å². The van der Waals surface area contributed by atoms with E-state index in [0.29, 0.717) is 0 Å². The number of nitrogens with zero attached hydrogens (tertiary/aromatic N) is 1. The van der Waals surface area contributed by atoms with Crippen LogP contribution in [0.25, 0.3) is 0 Å². The van der Waals surface area contributed by atoms with Gasteiger partial charge in [0, 0.05) is 24.4 Å². The lowest BCUT2D eigenvalue weighted by molar-refractivity contribution is 0.0736. The van der Waals surface area contributed by atoms with Crippen molar-refractivity contribution in [3.63, 3.8) is 0 Å². The van der Waals surface area contributed by atoms with Crippen LogP contribution in [0.4, 0.5) is 0 Å². The normalized spacial score (nSPS) is 24.0. The van der Waals surface area contributed by atoms with E-state index in [9.17, 15) is 0 Å². The molecule has 0 amide bonds. The van der Waals surface area contributed by atoms with Crippen LogP contribution in [0.2, 0.25) is 0 Å². The van der Waals surface area contributed by atoms with Gasteiger partial charge in [-0.25, -0.2) is 0 Å².